The van der Waals surface area contributed by atoms with E-state index >= 15 is 0 Å². The van der Waals surface area contributed by atoms with Gasteiger partial charge in [-0.25, -0.2) is 4.98 Å². The van der Waals surface area contributed by atoms with Crippen molar-refractivity contribution in [1.29, 1.82) is 0 Å². The monoisotopic (exact) mass is 600 g/mol. The van der Waals surface area contributed by atoms with Gasteiger partial charge in [0, 0.05) is 11.1 Å². The lowest BCUT2D eigenvalue weighted by Crippen LogP contribution is -2.28. The van der Waals surface area contributed by atoms with Crippen LogP contribution in [-0.2, 0) is 5.41 Å². The Balaban J connectivity index is 1.24. The number of fused-ring (bicyclic) bond motifs is 5. The topological polar surface area (TPSA) is 27.1 Å². The van der Waals surface area contributed by atoms with Crippen molar-refractivity contribution in [2.45, 2.75) is 5.41 Å². The third-order valence-corrected chi connectivity index (χ3v) is 9.89. The summed E-state index contributed by atoms with van der Waals surface area (Å²) in [6, 6.07) is 60.7. The van der Waals surface area contributed by atoms with Crippen molar-refractivity contribution in [1.82, 2.24) is 9.55 Å². The third-order valence-electron chi connectivity index (χ3n) is 9.89. The summed E-state index contributed by atoms with van der Waals surface area (Å²) < 4.78 is 9.09. The number of aromatic nitrogens is 2. The summed E-state index contributed by atoms with van der Waals surface area (Å²) in [7, 11) is 0. The van der Waals surface area contributed by atoms with Gasteiger partial charge in [-0.1, -0.05) is 146 Å². The van der Waals surface area contributed by atoms with E-state index in [2.05, 4.69) is 156 Å². The number of ether oxygens (including phenoxy) is 1. The molecule has 2 heterocycles. The fourth-order valence-electron chi connectivity index (χ4n) is 7.95. The predicted molar refractivity (Wildman–Crippen MR) is 189 cm³/mol. The Bertz CT molecular complexity index is 2440. The van der Waals surface area contributed by atoms with Crippen LogP contribution < -0.4 is 4.74 Å². The van der Waals surface area contributed by atoms with Crippen molar-refractivity contribution in [3.63, 3.8) is 0 Å². The van der Waals surface area contributed by atoms with E-state index in [9.17, 15) is 0 Å². The molecule has 0 spiro atoms. The maximum absolute atomic E-state index is 6.83. The van der Waals surface area contributed by atoms with E-state index in [0.717, 1.165) is 50.7 Å². The summed E-state index contributed by atoms with van der Waals surface area (Å²) in [5.74, 6) is 2.56. The summed E-state index contributed by atoms with van der Waals surface area (Å²) in [6.07, 6.45) is 0. The molecule has 220 valence electrons. The molecule has 3 heteroatoms. The molecular weight excluding hydrogens is 572 g/mol. The average Bonchev–Trinajstić information content (AvgIpc) is 3.68. The lowest BCUT2D eigenvalue weighted by molar-refractivity contribution is 0.477. The molecule has 0 saturated heterocycles. The second-order valence-corrected chi connectivity index (χ2v) is 12.3. The molecule has 10 rings (SSSR count). The van der Waals surface area contributed by atoms with Gasteiger partial charge in [-0.2, -0.15) is 0 Å². The minimum Gasteiger partial charge on any atom is -0.452 e. The van der Waals surface area contributed by atoms with Crippen LogP contribution in [0.3, 0.4) is 0 Å². The first kappa shape index (κ1) is 26.1. The first-order valence-corrected chi connectivity index (χ1v) is 16.1. The lowest BCUT2D eigenvalue weighted by Gasteiger charge is -2.34. The zero-order valence-corrected chi connectivity index (χ0v) is 25.5. The molecule has 2 aliphatic rings. The minimum absolute atomic E-state index is 0.469. The molecule has 0 bridgehead atoms. The Labute approximate surface area is 273 Å². The Morgan fingerprint density at radius 1 is 0.489 bits per heavy atom. The fraction of sp³-hybridized carbons (Fsp3) is 0.0227. The number of hydrogen-bond acceptors (Lipinski definition) is 2. The van der Waals surface area contributed by atoms with Crippen LogP contribution in [-0.4, -0.2) is 9.55 Å². The molecule has 1 aliphatic carbocycles. The molecule has 8 aromatic rings. The van der Waals surface area contributed by atoms with E-state index < -0.39 is 5.41 Å². The first-order chi connectivity index (χ1) is 23.3. The maximum Gasteiger partial charge on any atom is 0.159 e. The Kier molecular flexibility index (Phi) is 5.49. The summed E-state index contributed by atoms with van der Waals surface area (Å²) in [5.41, 5.74) is 13.3. The second-order valence-electron chi connectivity index (χ2n) is 12.3. The highest BCUT2D eigenvalue weighted by molar-refractivity contribution is 5.94. The van der Waals surface area contributed by atoms with E-state index in [1.54, 1.807) is 0 Å². The molecule has 1 aromatic heterocycles. The van der Waals surface area contributed by atoms with Crippen LogP contribution in [0.15, 0.2) is 170 Å². The van der Waals surface area contributed by atoms with E-state index in [0.29, 0.717) is 0 Å². The van der Waals surface area contributed by atoms with Gasteiger partial charge in [0.2, 0.25) is 0 Å². The van der Waals surface area contributed by atoms with Crippen molar-refractivity contribution in [3.05, 3.63) is 192 Å². The zero-order valence-electron chi connectivity index (χ0n) is 25.5. The van der Waals surface area contributed by atoms with E-state index in [1.807, 2.05) is 18.2 Å². The molecule has 0 fully saturated rings. The number of benzene rings is 7. The molecule has 0 saturated carbocycles. The zero-order chi connectivity index (χ0) is 31.0. The van der Waals surface area contributed by atoms with Crippen LogP contribution in [0.25, 0.3) is 50.4 Å². The highest BCUT2D eigenvalue weighted by atomic mass is 16.5. The van der Waals surface area contributed by atoms with Gasteiger partial charge >= 0.3 is 0 Å². The van der Waals surface area contributed by atoms with Gasteiger partial charge in [0.15, 0.2) is 11.5 Å². The first-order valence-electron chi connectivity index (χ1n) is 16.1. The second kappa shape index (κ2) is 9.90. The van der Waals surface area contributed by atoms with Gasteiger partial charge in [-0.3, -0.25) is 4.57 Å². The van der Waals surface area contributed by atoms with Crippen LogP contribution in [0, 0.1) is 0 Å². The normalized spacial score (nSPS) is 13.4. The van der Waals surface area contributed by atoms with E-state index in [1.165, 1.54) is 33.4 Å². The van der Waals surface area contributed by atoms with Gasteiger partial charge in [-0.05, 0) is 63.2 Å². The maximum atomic E-state index is 6.83. The van der Waals surface area contributed by atoms with Gasteiger partial charge in [0.25, 0.3) is 0 Å². The average molecular weight is 601 g/mol. The summed E-state index contributed by atoms with van der Waals surface area (Å²) in [6.45, 7) is 0. The van der Waals surface area contributed by atoms with Crippen LogP contribution in [0.2, 0.25) is 0 Å². The van der Waals surface area contributed by atoms with E-state index in [4.69, 9.17) is 9.72 Å². The Morgan fingerprint density at radius 3 is 1.89 bits per heavy atom. The number of nitrogens with zero attached hydrogens (tertiary/aromatic N) is 2. The molecule has 7 aromatic carbocycles. The summed E-state index contributed by atoms with van der Waals surface area (Å²) >= 11 is 0. The Morgan fingerprint density at radius 2 is 1.13 bits per heavy atom. The van der Waals surface area contributed by atoms with Crippen LogP contribution >= 0.6 is 0 Å². The number of rotatable bonds is 4. The van der Waals surface area contributed by atoms with Gasteiger partial charge in [0.1, 0.15) is 11.3 Å². The molecule has 1 aliphatic heterocycles. The Hall–Kier alpha value is -6.19. The van der Waals surface area contributed by atoms with Gasteiger partial charge in [0.05, 0.1) is 16.6 Å². The third kappa shape index (κ3) is 3.60. The molecular formula is C44H28N2O. The van der Waals surface area contributed by atoms with Crippen molar-refractivity contribution < 1.29 is 4.74 Å². The van der Waals surface area contributed by atoms with Gasteiger partial charge < -0.3 is 4.74 Å². The number of para-hydroxylation sites is 2. The van der Waals surface area contributed by atoms with Crippen molar-refractivity contribution >= 4 is 11.0 Å². The molecule has 0 radical (unpaired) electrons. The standard InChI is InChI=1S/C44H28N2O/c1-4-14-29(15-5-1)43-45-38-23-13-25-40-41(38)46(43)39-24-12-21-33(42(39)47-40)30-26-27-35-34-20-10-11-22-36(34)44(37(35)28-30,31-16-6-2-7-17-31)32-18-8-3-9-19-32/h1-28H. The number of imidazole rings is 1. The molecule has 0 amide bonds. The molecule has 0 unspecified atom stereocenters. The quantitative estimate of drug-likeness (QED) is 0.201. The SMILES string of the molecule is c1ccc(-c2nc3cccc4c3n2-c2cccc(-c3ccc5c(c3)C(c3ccccc3)(c3ccccc3)c3ccccc3-5)c2O4)cc1. The fourth-order valence-corrected chi connectivity index (χ4v) is 7.95. The van der Waals surface area contributed by atoms with E-state index in [-0.39, 0.29) is 0 Å². The lowest BCUT2D eigenvalue weighted by atomic mass is 9.67. The smallest absolute Gasteiger partial charge is 0.159 e. The van der Waals surface area contributed by atoms with Gasteiger partial charge in [-0.15, -0.1) is 0 Å². The van der Waals surface area contributed by atoms with Crippen LogP contribution in [0.1, 0.15) is 22.3 Å². The summed E-state index contributed by atoms with van der Waals surface area (Å²) in [5, 5.41) is 0. The molecule has 0 N–H and O–H groups in total. The van der Waals surface area contributed by atoms with Crippen molar-refractivity contribution in [2.24, 2.45) is 0 Å². The largest absolute Gasteiger partial charge is 0.452 e. The minimum atomic E-state index is -0.469. The molecule has 0 atom stereocenters. The van der Waals surface area contributed by atoms with Crippen molar-refractivity contribution in [2.75, 3.05) is 0 Å². The van der Waals surface area contributed by atoms with Crippen LogP contribution in [0.4, 0.5) is 0 Å². The molecule has 3 nitrogen and oxygen atoms in total. The van der Waals surface area contributed by atoms with Crippen molar-refractivity contribution in [3.8, 4) is 50.8 Å². The highest BCUT2D eigenvalue weighted by Crippen LogP contribution is 2.57. The number of hydrogen-bond donors (Lipinski definition) is 0. The molecule has 47 heavy (non-hydrogen) atoms. The summed E-state index contributed by atoms with van der Waals surface area (Å²) in [4.78, 5) is 5.10. The highest BCUT2D eigenvalue weighted by Gasteiger charge is 2.46. The van der Waals surface area contributed by atoms with Crippen LogP contribution in [0.5, 0.6) is 11.5 Å². The predicted octanol–water partition coefficient (Wildman–Crippen LogP) is 10.8.